The molecule has 2 rings (SSSR count). The maximum atomic E-state index is 13.7. The Balaban J connectivity index is 2.20. The molecule has 0 unspecified atom stereocenters. The van der Waals surface area contributed by atoms with Crippen molar-refractivity contribution in [3.63, 3.8) is 0 Å². The smallest absolute Gasteiger partial charge is 0.495 e. The van der Waals surface area contributed by atoms with E-state index in [2.05, 4.69) is 21.2 Å². The molecule has 0 aliphatic rings. The quantitative estimate of drug-likeness (QED) is 0.627. The number of anilines is 1. The molecule has 0 bridgehead atoms. The summed E-state index contributed by atoms with van der Waals surface area (Å²) in [6, 6.07) is 6.13. The highest BCUT2D eigenvalue weighted by Gasteiger charge is 2.47. The fourth-order valence-electron chi connectivity index (χ4n) is 2.01. The first-order valence-electron chi connectivity index (χ1n) is 7.33. The zero-order chi connectivity index (χ0) is 21.1. The summed E-state index contributed by atoms with van der Waals surface area (Å²) >= 11 is 3.06. The van der Waals surface area contributed by atoms with Gasteiger partial charge in [0.1, 0.15) is 5.75 Å². The number of hydrogen-bond acceptors (Lipinski definition) is 5. The third-order valence-corrected chi connectivity index (χ3v) is 5.29. The van der Waals surface area contributed by atoms with Crippen LogP contribution in [0.4, 0.5) is 23.2 Å². The number of carbonyl (C=O) groups is 1. The first-order valence-corrected chi connectivity index (χ1v) is 9.60. The summed E-state index contributed by atoms with van der Waals surface area (Å²) in [5.41, 5.74) is -5.83. The largest absolute Gasteiger partial charge is 0.501 e. The van der Waals surface area contributed by atoms with Gasteiger partial charge in [0.05, 0.1) is 17.7 Å². The molecule has 0 radical (unpaired) electrons. The van der Waals surface area contributed by atoms with Crippen molar-refractivity contribution >= 4 is 37.4 Å². The minimum Gasteiger partial charge on any atom is -0.495 e. The van der Waals surface area contributed by atoms with E-state index in [-0.39, 0.29) is 17.2 Å². The highest BCUT2D eigenvalue weighted by Crippen LogP contribution is 2.34. The lowest BCUT2D eigenvalue weighted by molar-refractivity contribution is -0.118. The maximum absolute atomic E-state index is 13.7. The van der Waals surface area contributed by atoms with Crippen LogP contribution >= 0.6 is 15.9 Å². The van der Waals surface area contributed by atoms with Crippen molar-refractivity contribution < 1.29 is 40.2 Å². The van der Waals surface area contributed by atoms with Crippen molar-refractivity contribution in [2.45, 2.75) is 10.4 Å². The van der Waals surface area contributed by atoms with E-state index in [9.17, 15) is 30.8 Å². The Morgan fingerprint density at radius 1 is 1.14 bits per heavy atom. The van der Waals surface area contributed by atoms with Crippen LogP contribution in [-0.4, -0.2) is 33.5 Å². The highest BCUT2D eigenvalue weighted by molar-refractivity contribution is 9.10. The molecule has 1 N–H and O–H groups in total. The van der Waals surface area contributed by atoms with Crippen molar-refractivity contribution in [3.05, 3.63) is 46.7 Å². The molecule has 152 valence electrons. The molecule has 2 aromatic rings. The van der Waals surface area contributed by atoms with Crippen molar-refractivity contribution in [1.29, 1.82) is 0 Å². The molecular formula is C16H12BrF4NO5S. The van der Waals surface area contributed by atoms with E-state index >= 15 is 0 Å². The van der Waals surface area contributed by atoms with Crippen LogP contribution in [0.2, 0.25) is 0 Å². The monoisotopic (exact) mass is 485 g/mol. The minimum absolute atomic E-state index is 0.0794. The highest BCUT2D eigenvalue weighted by atomic mass is 79.9. The Morgan fingerprint density at radius 2 is 1.79 bits per heavy atom. The normalized spacial score (nSPS) is 11.8. The average molecular weight is 486 g/mol. The van der Waals surface area contributed by atoms with Crippen molar-refractivity contribution in [2.75, 3.05) is 19.0 Å². The van der Waals surface area contributed by atoms with E-state index in [1.807, 2.05) is 0 Å². The lowest BCUT2D eigenvalue weighted by atomic mass is 10.3. The standard InChI is InChI=1S/C16H12BrF4NO5S/c1-26-14-5-3-10(28(24,25)16(19,20)21)7-12(14)22-15(23)8-27-13-4-2-9(17)6-11(13)18/h2-7H,8H2,1H3,(H,22,23). The van der Waals surface area contributed by atoms with Crippen LogP contribution in [0.15, 0.2) is 45.8 Å². The van der Waals surface area contributed by atoms with Crippen molar-refractivity contribution in [3.8, 4) is 11.5 Å². The SMILES string of the molecule is COc1ccc(S(=O)(=O)C(F)(F)F)cc1NC(=O)COc1ccc(Br)cc1F. The third-order valence-electron chi connectivity index (χ3n) is 3.31. The average Bonchev–Trinajstić information content (AvgIpc) is 2.60. The summed E-state index contributed by atoms with van der Waals surface area (Å²) < 4.78 is 85.2. The van der Waals surface area contributed by atoms with E-state index in [0.717, 1.165) is 12.1 Å². The maximum Gasteiger partial charge on any atom is 0.501 e. The van der Waals surface area contributed by atoms with Gasteiger partial charge in [-0.15, -0.1) is 0 Å². The Labute approximate surface area is 165 Å². The van der Waals surface area contributed by atoms with E-state index in [1.54, 1.807) is 0 Å². The molecule has 0 aliphatic heterocycles. The zero-order valence-corrected chi connectivity index (χ0v) is 16.4. The number of sulfone groups is 1. The molecule has 0 fully saturated rings. The van der Waals surface area contributed by atoms with Gasteiger partial charge in [0.25, 0.3) is 15.7 Å². The number of carbonyl (C=O) groups excluding carboxylic acids is 1. The summed E-state index contributed by atoms with van der Waals surface area (Å²) in [4.78, 5) is 10.9. The first-order chi connectivity index (χ1) is 13.0. The molecule has 12 heteroatoms. The molecule has 0 heterocycles. The van der Waals surface area contributed by atoms with Gasteiger partial charge in [0.15, 0.2) is 18.2 Å². The van der Waals surface area contributed by atoms with Gasteiger partial charge in [0, 0.05) is 4.47 Å². The Bertz CT molecular complexity index is 995. The van der Waals surface area contributed by atoms with Crippen LogP contribution in [0.3, 0.4) is 0 Å². The van der Waals surface area contributed by atoms with Gasteiger partial charge in [-0.05, 0) is 36.4 Å². The number of amides is 1. The van der Waals surface area contributed by atoms with Gasteiger partial charge in [0.2, 0.25) is 0 Å². The fourth-order valence-corrected chi connectivity index (χ4v) is 3.13. The number of rotatable bonds is 6. The molecule has 2 aromatic carbocycles. The Morgan fingerprint density at radius 3 is 2.36 bits per heavy atom. The number of methoxy groups -OCH3 is 1. The van der Waals surface area contributed by atoms with E-state index in [1.165, 1.54) is 19.2 Å². The lowest BCUT2D eigenvalue weighted by Crippen LogP contribution is -2.24. The van der Waals surface area contributed by atoms with Crippen LogP contribution in [0, 0.1) is 5.82 Å². The van der Waals surface area contributed by atoms with Gasteiger partial charge in [-0.2, -0.15) is 13.2 Å². The van der Waals surface area contributed by atoms with Gasteiger partial charge in [-0.25, -0.2) is 12.8 Å². The van der Waals surface area contributed by atoms with Crippen LogP contribution in [-0.2, 0) is 14.6 Å². The van der Waals surface area contributed by atoms with Crippen LogP contribution in [0.25, 0.3) is 0 Å². The molecular weight excluding hydrogens is 474 g/mol. The van der Waals surface area contributed by atoms with E-state index < -0.39 is 38.6 Å². The molecule has 28 heavy (non-hydrogen) atoms. The van der Waals surface area contributed by atoms with Crippen LogP contribution in [0.1, 0.15) is 0 Å². The first kappa shape index (κ1) is 22.0. The van der Waals surface area contributed by atoms with E-state index in [0.29, 0.717) is 16.6 Å². The number of benzene rings is 2. The van der Waals surface area contributed by atoms with Crippen molar-refractivity contribution in [1.82, 2.24) is 0 Å². The van der Waals surface area contributed by atoms with Crippen LogP contribution in [0.5, 0.6) is 11.5 Å². The van der Waals surface area contributed by atoms with E-state index in [4.69, 9.17) is 9.47 Å². The summed E-state index contributed by atoms with van der Waals surface area (Å²) in [6.45, 7) is -0.683. The summed E-state index contributed by atoms with van der Waals surface area (Å²) in [6.07, 6.45) is 0. The molecule has 1 amide bonds. The number of alkyl halides is 3. The molecule has 0 saturated carbocycles. The fraction of sp³-hybridized carbons (Fsp3) is 0.188. The number of ether oxygens (including phenoxy) is 2. The topological polar surface area (TPSA) is 81.7 Å². The Hall–Kier alpha value is -2.34. The Kier molecular flexibility index (Phi) is 6.55. The molecule has 0 aromatic heterocycles. The van der Waals surface area contributed by atoms with Gasteiger partial charge in [-0.3, -0.25) is 4.79 Å². The second-order valence-corrected chi connectivity index (χ2v) is 8.08. The molecule has 6 nitrogen and oxygen atoms in total. The molecule has 0 atom stereocenters. The molecule has 0 aliphatic carbocycles. The molecule has 0 spiro atoms. The number of nitrogens with one attached hydrogen (secondary N) is 1. The van der Waals surface area contributed by atoms with Gasteiger partial charge < -0.3 is 14.8 Å². The predicted octanol–water partition coefficient (Wildman–Crippen LogP) is 3.91. The van der Waals surface area contributed by atoms with Crippen LogP contribution < -0.4 is 14.8 Å². The second-order valence-electron chi connectivity index (χ2n) is 5.22. The summed E-state index contributed by atoms with van der Waals surface area (Å²) in [5, 5.41) is 2.17. The molecule has 0 saturated heterocycles. The summed E-state index contributed by atoms with van der Waals surface area (Å²) in [7, 11) is -4.44. The zero-order valence-electron chi connectivity index (χ0n) is 14.0. The number of hydrogen-bond donors (Lipinski definition) is 1. The third kappa shape index (κ3) is 4.93. The van der Waals surface area contributed by atoms with Gasteiger partial charge >= 0.3 is 5.51 Å². The predicted molar refractivity (Wildman–Crippen MR) is 94.5 cm³/mol. The summed E-state index contributed by atoms with van der Waals surface area (Å²) in [5.74, 6) is -1.91. The second kappa shape index (κ2) is 8.35. The lowest BCUT2D eigenvalue weighted by Gasteiger charge is -2.14. The van der Waals surface area contributed by atoms with Crippen molar-refractivity contribution in [2.24, 2.45) is 0 Å². The van der Waals surface area contributed by atoms with Gasteiger partial charge in [-0.1, -0.05) is 15.9 Å². The minimum atomic E-state index is -5.62. The number of halogens is 5.